The van der Waals surface area contributed by atoms with Gasteiger partial charge in [0.15, 0.2) is 0 Å². The van der Waals surface area contributed by atoms with Crippen LogP contribution in [0.1, 0.15) is 38.7 Å². The van der Waals surface area contributed by atoms with Crippen molar-refractivity contribution in [3.8, 4) is 0 Å². The zero-order valence-electron chi connectivity index (χ0n) is 10.7. The van der Waals surface area contributed by atoms with Crippen molar-refractivity contribution in [2.75, 3.05) is 17.6 Å². The molecule has 94 valence electrons. The molecule has 1 aliphatic rings. The molecule has 3 N–H and O–H groups in total. The molecule has 1 aromatic heterocycles. The summed E-state index contributed by atoms with van der Waals surface area (Å²) in [5.41, 5.74) is 6.96. The van der Waals surface area contributed by atoms with E-state index >= 15 is 0 Å². The van der Waals surface area contributed by atoms with Crippen molar-refractivity contribution >= 4 is 11.6 Å². The molecule has 0 aliphatic heterocycles. The molecule has 1 aliphatic carbocycles. The normalized spacial score (nSPS) is 16.8. The van der Waals surface area contributed by atoms with Gasteiger partial charge in [-0.1, -0.05) is 20.3 Å². The number of nitrogens with zero attached hydrogens (tertiary/aromatic N) is 2. The molecule has 4 nitrogen and oxygen atoms in total. The van der Waals surface area contributed by atoms with Crippen LogP contribution in [-0.2, 0) is 6.42 Å². The quantitative estimate of drug-likeness (QED) is 0.793. The number of nitrogen functional groups attached to an aromatic ring is 1. The summed E-state index contributed by atoms with van der Waals surface area (Å²) in [5, 5.41) is 3.43. The zero-order valence-corrected chi connectivity index (χ0v) is 10.7. The fourth-order valence-electron chi connectivity index (χ4n) is 2.16. The van der Waals surface area contributed by atoms with Crippen LogP contribution in [0.5, 0.6) is 0 Å². The van der Waals surface area contributed by atoms with E-state index in [2.05, 4.69) is 29.1 Å². The minimum Gasteiger partial charge on any atom is -0.383 e. The summed E-state index contributed by atoms with van der Waals surface area (Å²) in [4.78, 5) is 8.37. The molecule has 0 radical (unpaired) electrons. The first kappa shape index (κ1) is 12.1. The Morgan fingerprint density at radius 3 is 2.88 bits per heavy atom. The predicted molar refractivity (Wildman–Crippen MR) is 70.8 cm³/mol. The maximum absolute atomic E-state index is 5.89. The molecular formula is C13H22N4. The number of hydrogen-bond donors (Lipinski definition) is 2. The van der Waals surface area contributed by atoms with Gasteiger partial charge in [-0.25, -0.2) is 9.97 Å². The lowest BCUT2D eigenvalue weighted by molar-refractivity contribution is 0.535. The Labute approximate surface area is 103 Å². The lowest BCUT2D eigenvalue weighted by atomic mass is 10.1. The van der Waals surface area contributed by atoms with Crippen LogP contribution in [-0.4, -0.2) is 16.5 Å². The SMILES string of the molecule is CCCc1c(N)ncnc1NCC(C)C1CC1. The summed E-state index contributed by atoms with van der Waals surface area (Å²) in [5.74, 6) is 3.17. The van der Waals surface area contributed by atoms with E-state index in [-0.39, 0.29) is 0 Å². The van der Waals surface area contributed by atoms with Gasteiger partial charge < -0.3 is 11.1 Å². The van der Waals surface area contributed by atoms with Gasteiger partial charge in [0.25, 0.3) is 0 Å². The molecule has 1 atom stereocenters. The van der Waals surface area contributed by atoms with Gasteiger partial charge in [0, 0.05) is 12.1 Å². The van der Waals surface area contributed by atoms with Crippen LogP contribution in [0.4, 0.5) is 11.6 Å². The smallest absolute Gasteiger partial charge is 0.134 e. The fourth-order valence-corrected chi connectivity index (χ4v) is 2.16. The minimum absolute atomic E-state index is 0.614. The second-order valence-corrected chi connectivity index (χ2v) is 5.03. The minimum atomic E-state index is 0.614. The topological polar surface area (TPSA) is 63.8 Å². The highest BCUT2D eigenvalue weighted by Crippen LogP contribution is 2.36. The molecule has 1 heterocycles. The third-order valence-electron chi connectivity index (χ3n) is 3.50. The van der Waals surface area contributed by atoms with Gasteiger partial charge in [0.05, 0.1) is 0 Å². The van der Waals surface area contributed by atoms with E-state index in [4.69, 9.17) is 5.73 Å². The van der Waals surface area contributed by atoms with E-state index in [1.54, 1.807) is 6.33 Å². The average molecular weight is 234 g/mol. The number of anilines is 2. The van der Waals surface area contributed by atoms with Crippen molar-refractivity contribution in [3.63, 3.8) is 0 Å². The Balaban J connectivity index is 2.00. The second-order valence-electron chi connectivity index (χ2n) is 5.03. The number of rotatable bonds is 6. The number of aromatic nitrogens is 2. The average Bonchev–Trinajstić information content (AvgIpc) is 3.13. The van der Waals surface area contributed by atoms with Gasteiger partial charge in [-0.2, -0.15) is 0 Å². The van der Waals surface area contributed by atoms with Gasteiger partial charge in [0.2, 0.25) is 0 Å². The lowest BCUT2D eigenvalue weighted by Crippen LogP contribution is -2.16. The standard InChI is InChI=1S/C13H22N4/c1-3-4-11-12(14)16-8-17-13(11)15-7-9(2)10-5-6-10/h8-10H,3-7H2,1-2H3,(H3,14,15,16,17). The molecule has 0 bridgehead atoms. The summed E-state index contributed by atoms with van der Waals surface area (Å²) < 4.78 is 0. The Morgan fingerprint density at radius 1 is 1.47 bits per heavy atom. The maximum Gasteiger partial charge on any atom is 0.134 e. The molecule has 0 saturated heterocycles. The van der Waals surface area contributed by atoms with Gasteiger partial charge in [-0.15, -0.1) is 0 Å². The first-order valence-corrected chi connectivity index (χ1v) is 6.55. The van der Waals surface area contributed by atoms with E-state index < -0.39 is 0 Å². The van der Waals surface area contributed by atoms with Crippen LogP contribution < -0.4 is 11.1 Å². The lowest BCUT2D eigenvalue weighted by Gasteiger charge is -2.15. The third-order valence-corrected chi connectivity index (χ3v) is 3.50. The van der Waals surface area contributed by atoms with E-state index in [1.807, 2.05) is 0 Å². The van der Waals surface area contributed by atoms with Gasteiger partial charge in [0.1, 0.15) is 18.0 Å². The monoisotopic (exact) mass is 234 g/mol. The summed E-state index contributed by atoms with van der Waals surface area (Å²) in [6, 6.07) is 0. The highest BCUT2D eigenvalue weighted by Gasteiger charge is 2.27. The Morgan fingerprint density at radius 2 is 2.24 bits per heavy atom. The van der Waals surface area contributed by atoms with Crippen molar-refractivity contribution in [3.05, 3.63) is 11.9 Å². The molecule has 0 amide bonds. The van der Waals surface area contributed by atoms with Crippen molar-refractivity contribution in [1.29, 1.82) is 0 Å². The predicted octanol–water partition coefficient (Wildman–Crippen LogP) is 2.47. The highest BCUT2D eigenvalue weighted by molar-refractivity contribution is 5.54. The maximum atomic E-state index is 5.89. The summed E-state index contributed by atoms with van der Waals surface area (Å²) >= 11 is 0. The Bertz CT molecular complexity index is 374. The van der Waals surface area contributed by atoms with Crippen molar-refractivity contribution in [2.24, 2.45) is 11.8 Å². The number of nitrogens with one attached hydrogen (secondary N) is 1. The number of hydrogen-bond acceptors (Lipinski definition) is 4. The first-order chi connectivity index (χ1) is 8.22. The molecule has 0 aromatic carbocycles. The van der Waals surface area contributed by atoms with E-state index in [9.17, 15) is 0 Å². The molecule has 1 aromatic rings. The van der Waals surface area contributed by atoms with Crippen molar-refractivity contribution in [2.45, 2.75) is 39.5 Å². The van der Waals surface area contributed by atoms with Crippen LogP contribution in [0.3, 0.4) is 0 Å². The van der Waals surface area contributed by atoms with Gasteiger partial charge in [-0.05, 0) is 31.1 Å². The van der Waals surface area contributed by atoms with Crippen LogP contribution in [0, 0.1) is 11.8 Å². The molecule has 17 heavy (non-hydrogen) atoms. The molecule has 1 unspecified atom stereocenters. The molecule has 2 rings (SSSR count). The molecular weight excluding hydrogens is 212 g/mol. The van der Waals surface area contributed by atoms with Gasteiger partial charge in [-0.3, -0.25) is 0 Å². The van der Waals surface area contributed by atoms with Crippen molar-refractivity contribution in [1.82, 2.24) is 9.97 Å². The van der Waals surface area contributed by atoms with E-state index in [0.717, 1.165) is 42.6 Å². The van der Waals surface area contributed by atoms with Crippen LogP contribution in [0.15, 0.2) is 6.33 Å². The van der Waals surface area contributed by atoms with Gasteiger partial charge >= 0.3 is 0 Å². The Kier molecular flexibility index (Phi) is 3.82. The van der Waals surface area contributed by atoms with Crippen LogP contribution in [0.25, 0.3) is 0 Å². The van der Waals surface area contributed by atoms with Crippen LogP contribution >= 0.6 is 0 Å². The molecule has 1 fully saturated rings. The zero-order chi connectivity index (χ0) is 12.3. The molecule has 1 saturated carbocycles. The fraction of sp³-hybridized carbons (Fsp3) is 0.692. The van der Waals surface area contributed by atoms with E-state index in [0.29, 0.717) is 5.82 Å². The largest absolute Gasteiger partial charge is 0.383 e. The molecule has 0 spiro atoms. The Hall–Kier alpha value is -1.32. The van der Waals surface area contributed by atoms with E-state index in [1.165, 1.54) is 12.8 Å². The summed E-state index contributed by atoms with van der Waals surface area (Å²) in [6.07, 6.45) is 6.31. The molecule has 4 heteroatoms. The van der Waals surface area contributed by atoms with Crippen molar-refractivity contribution < 1.29 is 0 Å². The second kappa shape index (κ2) is 5.34. The third kappa shape index (κ3) is 3.08. The summed E-state index contributed by atoms with van der Waals surface area (Å²) in [6.45, 7) is 5.43. The summed E-state index contributed by atoms with van der Waals surface area (Å²) in [7, 11) is 0. The first-order valence-electron chi connectivity index (χ1n) is 6.55. The number of nitrogens with two attached hydrogens (primary N) is 1. The van der Waals surface area contributed by atoms with Crippen LogP contribution in [0.2, 0.25) is 0 Å². The highest BCUT2D eigenvalue weighted by atomic mass is 15.0.